The first kappa shape index (κ1) is 18.3. The normalized spacial score (nSPS) is 10.5. The lowest BCUT2D eigenvalue weighted by Gasteiger charge is -2.22. The number of pyridine rings is 1. The Bertz CT molecular complexity index is 1000. The molecule has 0 unspecified atom stereocenters. The van der Waals surface area contributed by atoms with Crippen LogP contribution < -0.4 is 10.5 Å². The predicted molar refractivity (Wildman–Crippen MR) is 105 cm³/mol. The maximum absolute atomic E-state index is 13.2. The number of hydrogen-bond donors (Lipinski definition) is 0. The first-order valence-electron chi connectivity index (χ1n) is 8.58. The molecule has 0 aliphatic heterocycles. The van der Waals surface area contributed by atoms with Gasteiger partial charge < -0.3 is 4.57 Å². The van der Waals surface area contributed by atoms with Crippen molar-refractivity contribution in [2.24, 2.45) is 7.05 Å². The van der Waals surface area contributed by atoms with Crippen molar-refractivity contribution >= 4 is 17.5 Å². The molecule has 136 valence electrons. The van der Waals surface area contributed by atoms with E-state index in [0.717, 1.165) is 16.2 Å². The molecule has 3 aromatic rings. The highest BCUT2D eigenvalue weighted by atomic mass is 16.2. The Morgan fingerprint density at radius 2 is 1.26 bits per heavy atom. The third-order valence-corrected chi connectivity index (χ3v) is 4.64. The highest BCUT2D eigenvalue weighted by molar-refractivity contribution is 6.25. The van der Waals surface area contributed by atoms with Crippen LogP contribution in [0.2, 0.25) is 0 Å². The van der Waals surface area contributed by atoms with Crippen molar-refractivity contribution in [1.82, 2.24) is 4.57 Å². The minimum atomic E-state index is -0.537. The molecule has 27 heavy (non-hydrogen) atoms. The Balaban J connectivity index is 2.22. The predicted octanol–water partition coefficient (Wildman–Crippen LogP) is 3.49. The van der Waals surface area contributed by atoms with E-state index in [-0.39, 0.29) is 5.69 Å². The van der Waals surface area contributed by atoms with Crippen LogP contribution in [0.4, 0.5) is 5.69 Å². The van der Waals surface area contributed by atoms with E-state index in [1.54, 1.807) is 73.8 Å². The number of amides is 2. The monoisotopic (exact) mass is 360 g/mol. The van der Waals surface area contributed by atoms with Crippen LogP contribution in [-0.2, 0) is 7.05 Å². The molecular weight excluding hydrogens is 340 g/mol. The van der Waals surface area contributed by atoms with Crippen molar-refractivity contribution in [3.05, 3.63) is 99.5 Å². The number of nitrogens with zero attached hydrogens (tertiary/aromatic N) is 2. The van der Waals surface area contributed by atoms with Crippen molar-refractivity contribution < 1.29 is 9.59 Å². The molecule has 5 heteroatoms. The standard InChI is InChI=1S/C22H20N2O3/c1-15-14-19(22(27)23(3)16(15)2)24(20(25)17-10-6-4-7-11-17)21(26)18-12-8-5-9-13-18/h4-14H,1-3H3. The van der Waals surface area contributed by atoms with Gasteiger partial charge >= 0.3 is 0 Å². The lowest BCUT2D eigenvalue weighted by atomic mass is 10.1. The fraction of sp³-hybridized carbons (Fsp3) is 0.136. The summed E-state index contributed by atoms with van der Waals surface area (Å²) < 4.78 is 1.45. The van der Waals surface area contributed by atoms with Gasteiger partial charge in [0.15, 0.2) is 0 Å². The average molecular weight is 360 g/mol. The van der Waals surface area contributed by atoms with E-state index in [0.29, 0.717) is 11.1 Å². The van der Waals surface area contributed by atoms with Gasteiger partial charge in [0.25, 0.3) is 17.4 Å². The molecule has 1 heterocycles. The highest BCUT2D eigenvalue weighted by Crippen LogP contribution is 2.20. The number of benzene rings is 2. The minimum Gasteiger partial charge on any atom is -0.314 e. The van der Waals surface area contributed by atoms with Crippen molar-refractivity contribution in [1.29, 1.82) is 0 Å². The zero-order chi connectivity index (χ0) is 19.6. The Hall–Kier alpha value is -3.47. The first-order chi connectivity index (χ1) is 12.9. The van der Waals surface area contributed by atoms with Gasteiger partial charge in [-0.25, -0.2) is 4.90 Å². The van der Waals surface area contributed by atoms with E-state index in [9.17, 15) is 14.4 Å². The lowest BCUT2D eigenvalue weighted by Crippen LogP contribution is -2.41. The van der Waals surface area contributed by atoms with E-state index in [1.165, 1.54) is 4.57 Å². The number of rotatable bonds is 3. The molecule has 1 aromatic heterocycles. The zero-order valence-corrected chi connectivity index (χ0v) is 15.5. The topological polar surface area (TPSA) is 59.4 Å². The molecule has 0 fully saturated rings. The molecule has 0 atom stereocenters. The third-order valence-electron chi connectivity index (χ3n) is 4.64. The molecule has 2 amide bonds. The summed E-state index contributed by atoms with van der Waals surface area (Å²) in [5, 5.41) is 0. The summed E-state index contributed by atoms with van der Waals surface area (Å²) in [6.07, 6.45) is 0. The van der Waals surface area contributed by atoms with Crippen LogP contribution in [0, 0.1) is 13.8 Å². The second kappa shape index (κ2) is 7.41. The first-order valence-corrected chi connectivity index (χ1v) is 8.58. The largest absolute Gasteiger partial charge is 0.314 e. The summed E-state index contributed by atoms with van der Waals surface area (Å²) in [6, 6.07) is 18.5. The van der Waals surface area contributed by atoms with Gasteiger partial charge in [0.2, 0.25) is 0 Å². The molecule has 0 radical (unpaired) electrons. The second-order valence-corrected chi connectivity index (χ2v) is 6.34. The fourth-order valence-electron chi connectivity index (χ4n) is 2.85. The molecule has 0 saturated carbocycles. The van der Waals surface area contributed by atoms with Gasteiger partial charge in [-0.1, -0.05) is 36.4 Å². The van der Waals surface area contributed by atoms with Crippen LogP contribution in [-0.4, -0.2) is 16.4 Å². The fourth-order valence-corrected chi connectivity index (χ4v) is 2.85. The Kier molecular flexibility index (Phi) is 5.03. The number of imide groups is 1. The molecule has 0 N–H and O–H groups in total. The number of aromatic nitrogens is 1. The van der Waals surface area contributed by atoms with E-state index in [4.69, 9.17) is 0 Å². The van der Waals surface area contributed by atoms with Gasteiger partial charge in [-0.3, -0.25) is 14.4 Å². The van der Waals surface area contributed by atoms with Crippen LogP contribution in [0.3, 0.4) is 0 Å². The molecule has 3 rings (SSSR count). The SMILES string of the molecule is Cc1cc(N(C(=O)c2ccccc2)C(=O)c2ccccc2)c(=O)n(C)c1C. The summed E-state index contributed by atoms with van der Waals surface area (Å²) in [5.74, 6) is -1.07. The van der Waals surface area contributed by atoms with Gasteiger partial charge in [-0.05, 0) is 49.7 Å². The van der Waals surface area contributed by atoms with Crippen molar-refractivity contribution in [3.8, 4) is 0 Å². The number of anilines is 1. The number of carbonyl (C=O) groups is 2. The van der Waals surface area contributed by atoms with Crippen LogP contribution in [0.5, 0.6) is 0 Å². The van der Waals surface area contributed by atoms with E-state index in [1.807, 2.05) is 13.8 Å². The minimum absolute atomic E-state index is 0.0447. The van der Waals surface area contributed by atoms with Crippen LogP contribution >= 0.6 is 0 Å². The van der Waals surface area contributed by atoms with Gasteiger partial charge in [-0.15, -0.1) is 0 Å². The van der Waals surface area contributed by atoms with Gasteiger partial charge in [0.05, 0.1) is 0 Å². The second-order valence-electron chi connectivity index (χ2n) is 6.34. The molecule has 0 saturated heterocycles. The lowest BCUT2D eigenvalue weighted by molar-refractivity contribution is 0.0897. The maximum Gasteiger partial charge on any atom is 0.274 e. The molecule has 0 spiro atoms. The summed E-state index contributed by atoms with van der Waals surface area (Å²) in [4.78, 5) is 40.2. The maximum atomic E-state index is 13.2. The summed E-state index contributed by atoms with van der Waals surface area (Å²) in [5.41, 5.74) is 1.92. The summed E-state index contributed by atoms with van der Waals surface area (Å²) in [7, 11) is 1.63. The number of carbonyl (C=O) groups excluding carboxylic acids is 2. The molecule has 2 aromatic carbocycles. The van der Waals surface area contributed by atoms with Gasteiger partial charge in [-0.2, -0.15) is 0 Å². The molecule has 0 bridgehead atoms. The number of hydrogen-bond acceptors (Lipinski definition) is 3. The van der Waals surface area contributed by atoms with Crippen LogP contribution in [0.25, 0.3) is 0 Å². The third kappa shape index (κ3) is 3.44. The molecular formula is C22H20N2O3. The van der Waals surface area contributed by atoms with E-state index >= 15 is 0 Å². The quantitative estimate of drug-likeness (QED) is 0.672. The van der Waals surface area contributed by atoms with E-state index < -0.39 is 17.4 Å². The molecule has 5 nitrogen and oxygen atoms in total. The smallest absolute Gasteiger partial charge is 0.274 e. The van der Waals surface area contributed by atoms with Crippen molar-refractivity contribution in [3.63, 3.8) is 0 Å². The Labute approximate surface area is 157 Å². The Morgan fingerprint density at radius 1 is 0.815 bits per heavy atom. The highest BCUT2D eigenvalue weighted by Gasteiger charge is 2.29. The average Bonchev–Trinajstić information content (AvgIpc) is 2.71. The van der Waals surface area contributed by atoms with Crippen molar-refractivity contribution in [2.75, 3.05) is 4.90 Å². The molecule has 0 aliphatic carbocycles. The van der Waals surface area contributed by atoms with Crippen LogP contribution in [0.1, 0.15) is 32.0 Å². The van der Waals surface area contributed by atoms with Crippen molar-refractivity contribution in [2.45, 2.75) is 13.8 Å². The van der Waals surface area contributed by atoms with Gasteiger partial charge in [0.1, 0.15) is 5.69 Å². The molecule has 0 aliphatic rings. The summed E-state index contributed by atoms with van der Waals surface area (Å²) in [6.45, 7) is 3.67. The Morgan fingerprint density at radius 3 is 1.70 bits per heavy atom. The van der Waals surface area contributed by atoms with Gasteiger partial charge in [0, 0.05) is 23.9 Å². The summed E-state index contributed by atoms with van der Waals surface area (Å²) >= 11 is 0. The van der Waals surface area contributed by atoms with E-state index in [2.05, 4.69) is 0 Å². The van der Waals surface area contributed by atoms with Crippen LogP contribution in [0.15, 0.2) is 71.5 Å². The number of aryl methyl sites for hydroxylation is 1. The zero-order valence-electron chi connectivity index (χ0n) is 15.5.